The molecule has 3 N–H and O–H groups in total. The van der Waals surface area contributed by atoms with Crippen molar-refractivity contribution in [2.24, 2.45) is 5.73 Å². The number of carboxylic acid groups (broad SMARTS) is 1. The van der Waals surface area contributed by atoms with E-state index in [2.05, 4.69) is 12.2 Å². The molecule has 0 aliphatic rings. The molecule has 0 spiro atoms. The number of carbonyl (C=O) groups excluding carboxylic acids is 3. The van der Waals surface area contributed by atoms with Gasteiger partial charge in [-0.1, -0.05) is 96.8 Å². The predicted octanol–water partition coefficient (Wildman–Crippen LogP) is 0.752. The van der Waals surface area contributed by atoms with Crippen molar-refractivity contribution >= 4 is 17.8 Å². The van der Waals surface area contributed by atoms with Crippen LogP contribution in [0.4, 0.5) is 0 Å². The maximum Gasteiger partial charge on any atom is 1.00 e. The van der Waals surface area contributed by atoms with Crippen LogP contribution < -0.4 is 67.5 Å². The molecule has 0 aromatic carbocycles. The standard InChI is InChI=1S/C23H44N2O4.K/c1-2-3-4-5-6-7-8-9-10-11-12-13-14-15-16-17-22(27)25-20(23(28)29)18-19-21(24)26;/h20H,2-19H2,1H3,(H2,24,26)(H,25,27)(H,28,29);/q;+1/p-1/t20-;/m0./s1. The molecule has 0 saturated carbocycles. The zero-order chi connectivity index (χ0) is 21.7. The third-order valence-corrected chi connectivity index (χ3v) is 5.31. The quantitative estimate of drug-likeness (QED) is 0.198. The van der Waals surface area contributed by atoms with Crippen molar-refractivity contribution in [1.29, 1.82) is 0 Å². The summed E-state index contributed by atoms with van der Waals surface area (Å²) < 4.78 is 0. The van der Waals surface area contributed by atoms with Crippen LogP contribution in [0.5, 0.6) is 0 Å². The summed E-state index contributed by atoms with van der Waals surface area (Å²) in [5, 5.41) is 13.4. The molecule has 0 aliphatic carbocycles. The minimum atomic E-state index is -1.38. The first-order valence-corrected chi connectivity index (χ1v) is 11.8. The van der Waals surface area contributed by atoms with Gasteiger partial charge in [-0.15, -0.1) is 0 Å². The van der Waals surface area contributed by atoms with Crippen molar-refractivity contribution in [3.05, 3.63) is 0 Å². The number of nitrogens with one attached hydrogen (secondary N) is 1. The van der Waals surface area contributed by atoms with Gasteiger partial charge in [-0.2, -0.15) is 0 Å². The fourth-order valence-corrected chi connectivity index (χ4v) is 3.46. The first-order chi connectivity index (χ1) is 14.0. The zero-order valence-corrected chi connectivity index (χ0v) is 22.6. The molecule has 0 fully saturated rings. The second-order valence-corrected chi connectivity index (χ2v) is 8.14. The van der Waals surface area contributed by atoms with Gasteiger partial charge in [-0.05, 0) is 12.8 Å². The number of amides is 2. The number of unbranched alkanes of at least 4 members (excludes halogenated alkanes) is 14. The monoisotopic (exact) mass is 450 g/mol. The Labute approximate surface area is 226 Å². The van der Waals surface area contributed by atoms with Gasteiger partial charge in [0, 0.05) is 12.8 Å². The predicted molar refractivity (Wildman–Crippen MR) is 115 cm³/mol. The van der Waals surface area contributed by atoms with Gasteiger partial charge >= 0.3 is 51.4 Å². The van der Waals surface area contributed by atoms with Crippen LogP contribution in [0.1, 0.15) is 122 Å². The van der Waals surface area contributed by atoms with Gasteiger partial charge in [0.1, 0.15) is 0 Å². The van der Waals surface area contributed by atoms with Gasteiger partial charge < -0.3 is 21.0 Å². The van der Waals surface area contributed by atoms with Crippen LogP contribution in [0.2, 0.25) is 0 Å². The molecule has 0 heterocycles. The van der Waals surface area contributed by atoms with E-state index < -0.39 is 17.9 Å². The van der Waals surface area contributed by atoms with E-state index in [1.807, 2.05) is 0 Å². The first kappa shape index (κ1) is 32.2. The van der Waals surface area contributed by atoms with E-state index in [1.165, 1.54) is 77.0 Å². The van der Waals surface area contributed by atoms with Crippen molar-refractivity contribution in [2.45, 2.75) is 129 Å². The van der Waals surface area contributed by atoms with Crippen molar-refractivity contribution in [1.82, 2.24) is 5.32 Å². The fourth-order valence-electron chi connectivity index (χ4n) is 3.46. The van der Waals surface area contributed by atoms with Crippen LogP contribution in [-0.2, 0) is 14.4 Å². The van der Waals surface area contributed by atoms with Gasteiger partial charge in [0.15, 0.2) is 0 Å². The third kappa shape index (κ3) is 22.7. The minimum Gasteiger partial charge on any atom is -0.548 e. The molecule has 0 bridgehead atoms. The number of aliphatic carboxylic acids is 1. The minimum absolute atomic E-state index is 0. The topological polar surface area (TPSA) is 112 Å². The number of primary amides is 1. The molecule has 30 heavy (non-hydrogen) atoms. The number of carboxylic acids is 1. The summed E-state index contributed by atoms with van der Waals surface area (Å²) in [6.45, 7) is 2.25. The molecule has 0 radical (unpaired) electrons. The number of hydrogen-bond donors (Lipinski definition) is 2. The average molecular weight is 451 g/mol. The molecule has 0 aliphatic heterocycles. The summed E-state index contributed by atoms with van der Waals surface area (Å²) in [4.78, 5) is 33.5. The Hall–Kier alpha value is 0.0464. The van der Waals surface area contributed by atoms with Crippen LogP contribution in [0.25, 0.3) is 0 Å². The second-order valence-electron chi connectivity index (χ2n) is 8.14. The van der Waals surface area contributed by atoms with E-state index >= 15 is 0 Å². The van der Waals surface area contributed by atoms with E-state index in [9.17, 15) is 19.5 Å². The van der Waals surface area contributed by atoms with Gasteiger partial charge in [-0.25, -0.2) is 0 Å². The Kier molecular flexibility index (Phi) is 25.5. The largest absolute Gasteiger partial charge is 1.00 e. The van der Waals surface area contributed by atoms with Crippen LogP contribution >= 0.6 is 0 Å². The normalized spacial score (nSPS) is 11.5. The Balaban J connectivity index is 0. The number of rotatable bonds is 21. The third-order valence-electron chi connectivity index (χ3n) is 5.31. The Bertz CT molecular complexity index is 447. The van der Waals surface area contributed by atoms with Crippen LogP contribution in [0, 0.1) is 0 Å². The van der Waals surface area contributed by atoms with Crippen molar-refractivity contribution in [3.8, 4) is 0 Å². The van der Waals surface area contributed by atoms with Crippen molar-refractivity contribution < 1.29 is 70.9 Å². The fraction of sp³-hybridized carbons (Fsp3) is 0.870. The van der Waals surface area contributed by atoms with Crippen molar-refractivity contribution in [2.75, 3.05) is 0 Å². The Morgan fingerprint density at radius 3 is 1.50 bits per heavy atom. The van der Waals surface area contributed by atoms with Crippen LogP contribution in [-0.4, -0.2) is 23.8 Å². The molecule has 0 unspecified atom stereocenters. The summed E-state index contributed by atoms with van der Waals surface area (Å²) in [6.07, 6.45) is 19.1. The molecular weight excluding hydrogens is 407 g/mol. The second kappa shape index (κ2) is 23.7. The van der Waals surface area contributed by atoms with Crippen LogP contribution in [0.15, 0.2) is 0 Å². The molecule has 0 aromatic rings. The smallest absolute Gasteiger partial charge is 0.548 e. The number of carbonyl (C=O) groups is 3. The van der Waals surface area contributed by atoms with E-state index in [0.717, 1.165) is 19.3 Å². The van der Waals surface area contributed by atoms with Gasteiger partial charge in [-0.3, -0.25) is 9.59 Å². The first-order valence-electron chi connectivity index (χ1n) is 11.8. The van der Waals surface area contributed by atoms with E-state index in [-0.39, 0.29) is 70.1 Å². The molecule has 0 aromatic heterocycles. The van der Waals surface area contributed by atoms with E-state index in [4.69, 9.17) is 5.73 Å². The Morgan fingerprint density at radius 1 is 0.733 bits per heavy atom. The molecule has 6 nitrogen and oxygen atoms in total. The van der Waals surface area contributed by atoms with Crippen molar-refractivity contribution in [3.63, 3.8) is 0 Å². The molecule has 7 heteroatoms. The van der Waals surface area contributed by atoms with E-state index in [1.54, 1.807) is 0 Å². The van der Waals surface area contributed by atoms with Crippen LogP contribution in [0.3, 0.4) is 0 Å². The molecular formula is C23H43KN2O4. The van der Waals surface area contributed by atoms with Gasteiger partial charge in [0.2, 0.25) is 11.8 Å². The SMILES string of the molecule is CCCCCCCCCCCCCCCCCC(=O)N[C@@H](CCC(N)=O)C(=O)[O-].[K+]. The summed E-state index contributed by atoms with van der Waals surface area (Å²) >= 11 is 0. The maximum absolute atomic E-state index is 11.8. The molecule has 0 saturated heterocycles. The summed E-state index contributed by atoms with van der Waals surface area (Å²) in [5.74, 6) is -2.28. The summed E-state index contributed by atoms with van der Waals surface area (Å²) in [7, 11) is 0. The average Bonchev–Trinajstić information content (AvgIpc) is 2.67. The van der Waals surface area contributed by atoms with Gasteiger partial charge in [0.05, 0.1) is 12.0 Å². The zero-order valence-electron chi connectivity index (χ0n) is 19.5. The molecule has 1 atom stereocenters. The summed E-state index contributed by atoms with van der Waals surface area (Å²) in [5.41, 5.74) is 5.01. The summed E-state index contributed by atoms with van der Waals surface area (Å²) in [6, 6.07) is -1.15. The molecule has 2 amide bonds. The molecule has 0 rings (SSSR count). The number of nitrogens with two attached hydrogens (primary N) is 1. The van der Waals surface area contributed by atoms with E-state index in [0.29, 0.717) is 6.42 Å². The van der Waals surface area contributed by atoms with Gasteiger partial charge in [0.25, 0.3) is 0 Å². The Morgan fingerprint density at radius 2 is 1.13 bits per heavy atom. The number of hydrogen-bond acceptors (Lipinski definition) is 4. The maximum atomic E-state index is 11.8. The molecule has 170 valence electrons.